The van der Waals surface area contributed by atoms with Crippen molar-refractivity contribution in [3.63, 3.8) is 0 Å². The molecule has 0 aliphatic carbocycles. The first-order chi connectivity index (χ1) is 8.54. The van der Waals surface area contributed by atoms with Gasteiger partial charge in [-0.2, -0.15) is 0 Å². The second kappa shape index (κ2) is 5.52. The molecule has 2 heterocycles. The lowest BCUT2D eigenvalue weighted by Gasteiger charge is -2.05. The first-order valence-corrected chi connectivity index (χ1v) is 5.94. The van der Waals surface area contributed by atoms with Gasteiger partial charge in [0.2, 0.25) is 0 Å². The lowest BCUT2D eigenvalue weighted by atomic mass is 10.2. The predicted octanol–water partition coefficient (Wildman–Crippen LogP) is 3.69. The van der Waals surface area contributed by atoms with Crippen molar-refractivity contribution < 1.29 is 4.79 Å². The monoisotopic (exact) mass is 301 g/mol. The fraction of sp³-hybridized carbons (Fsp3) is 0. The topological polar surface area (TPSA) is 54.9 Å². The number of halogens is 3. The van der Waals surface area contributed by atoms with Crippen LogP contribution in [0.3, 0.4) is 0 Å². The lowest BCUT2D eigenvalue weighted by Crippen LogP contribution is -2.12. The van der Waals surface area contributed by atoms with E-state index in [4.69, 9.17) is 34.8 Å². The summed E-state index contributed by atoms with van der Waals surface area (Å²) in [7, 11) is 0. The fourth-order valence-electron chi connectivity index (χ4n) is 1.25. The Kier molecular flexibility index (Phi) is 4.01. The van der Waals surface area contributed by atoms with Gasteiger partial charge in [-0.1, -0.05) is 34.8 Å². The zero-order valence-corrected chi connectivity index (χ0v) is 11.1. The van der Waals surface area contributed by atoms with E-state index >= 15 is 0 Å². The van der Waals surface area contributed by atoms with Gasteiger partial charge in [0, 0.05) is 5.56 Å². The zero-order chi connectivity index (χ0) is 13.1. The van der Waals surface area contributed by atoms with Gasteiger partial charge in [0.15, 0.2) is 0 Å². The van der Waals surface area contributed by atoms with Crippen molar-refractivity contribution in [1.29, 1.82) is 0 Å². The van der Waals surface area contributed by atoms with Crippen molar-refractivity contribution in [2.45, 2.75) is 0 Å². The largest absolute Gasteiger partial charge is 0.321 e. The SMILES string of the molecule is O=C(Nc1ccc(Cl)nc1)c1cc(Cl)nc(Cl)c1. The zero-order valence-electron chi connectivity index (χ0n) is 8.82. The molecule has 0 aliphatic rings. The van der Waals surface area contributed by atoms with Crippen LogP contribution in [0.2, 0.25) is 15.5 Å². The van der Waals surface area contributed by atoms with Crippen LogP contribution < -0.4 is 5.32 Å². The Morgan fingerprint density at radius 3 is 2.28 bits per heavy atom. The summed E-state index contributed by atoms with van der Waals surface area (Å²) in [4.78, 5) is 19.5. The lowest BCUT2D eigenvalue weighted by molar-refractivity contribution is 0.102. The Labute approximate surface area is 118 Å². The van der Waals surface area contributed by atoms with Gasteiger partial charge in [0.25, 0.3) is 5.91 Å². The number of nitrogens with zero attached hydrogens (tertiary/aromatic N) is 2. The van der Waals surface area contributed by atoms with Crippen molar-refractivity contribution in [2.75, 3.05) is 5.32 Å². The predicted molar refractivity (Wildman–Crippen MR) is 71.5 cm³/mol. The maximum absolute atomic E-state index is 11.9. The molecule has 1 N–H and O–H groups in total. The number of nitrogens with one attached hydrogen (secondary N) is 1. The molecule has 4 nitrogen and oxygen atoms in total. The molecule has 1 amide bonds. The quantitative estimate of drug-likeness (QED) is 0.861. The molecule has 0 unspecified atom stereocenters. The van der Waals surface area contributed by atoms with Crippen molar-refractivity contribution in [3.8, 4) is 0 Å². The van der Waals surface area contributed by atoms with Crippen molar-refractivity contribution >= 4 is 46.4 Å². The summed E-state index contributed by atoms with van der Waals surface area (Å²) >= 11 is 17.1. The number of hydrogen-bond acceptors (Lipinski definition) is 3. The third-order valence-corrected chi connectivity index (χ3v) is 2.62. The highest BCUT2D eigenvalue weighted by molar-refractivity contribution is 6.33. The van der Waals surface area contributed by atoms with Crippen LogP contribution in [-0.2, 0) is 0 Å². The Bertz CT molecular complexity index is 566. The van der Waals surface area contributed by atoms with Gasteiger partial charge in [-0.15, -0.1) is 0 Å². The van der Waals surface area contributed by atoms with Crippen LogP contribution in [0.25, 0.3) is 0 Å². The normalized spacial score (nSPS) is 10.2. The molecule has 2 aromatic heterocycles. The molecule has 0 fully saturated rings. The van der Waals surface area contributed by atoms with Gasteiger partial charge in [-0.3, -0.25) is 4.79 Å². The number of hydrogen-bond donors (Lipinski definition) is 1. The maximum Gasteiger partial charge on any atom is 0.255 e. The standard InChI is InChI=1S/C11H6Cl3N3O/c12-8-2-1-7(5-15-8)16-11(18)6-3-9(13)17-10(14)4-6/h1-5H,(H,16,18). The molecule has 0 spiro atoms. The summed E-state index contributed by atoms with van der Waals surface area (Å²) in [5.74, 6) is -0.356. The van der Waals surface area contributed by atoms with Crippen LogP contribution >= 0.6 is 34.8 Å². The van der Waals surface area contributed by atoms with Crippen LogP contribution in [0.5, 0.6) is 0 Å². The average Bonchev–Trinajstić information content (AvgIpc) is 2.31. The highest BCUT2D eigenvalue weighted by Gasteiger charge is 2.09. The average molecular weight is 303 g/mol. The number of aromatic nitrogens is 2. The van der Waals surface area contributed by atoms with E-state index in [0.29, 0.717) is 16.4 Å². The van der Waals surface area contributed by atoms with Crippen LogP contribution in [0.1, 0.15) is 10.4 Å². The molecule has 0 atom stereocenters. The molecule has 0 bridgehead atoms. The smallest absolute Gasteiger partial charge is 0.255 e. The molecule has 0 saturated heterocycles. The molecule has 2 aromatic rings. The summed E-state index contributed by atoms with van der Waals surface area (Å²) < 4.78 is 0. The van der Waals surface area contributed by atoms with Crippen LogP contribution in [0, 0.1) is 0 Å². The van der Waals surface area contributed by atoms with Gasteiger partial charge in [-0.25, -0.2) is 9.97 Å². The van der Waals surface area contributed by atoms with Crippen LogP contribution in [0.4, 0.5) is 5.69 Å². The van der Waals surface area contributed by atoms with E-state index in [-0.39, 0.29) is 16.2 Å². The van der Waals surface area contributed by atoms with E-state index < -0.39 is 0 Å². The van der Waals surface area contributed by atoms with Crippen molar-refractivity contribution in [3.05, 3.63) is 51.5 Å². The third kappa shape index (κ3) is 3.32. The van der Waals surface area contributed by atoms with Gasteiger partial charge < -0.3 is 5.32 Å². The fourth-order valence-corrected chi connectivity index (χ4v) is 1.82. The minimum Gasteiger partial charge on any atom is -0.321 e. The molecular formula is C11H6Cl3N3O. The number of carbonyl (C=O) groups excluding carboxylic acids is 1. The van der Waals surface area contributed by atoms with Gasteiger partial charge in [0.05, 0.1) is 11.9 Å². The molecule has 7 heteroatoms. The van der Waals surface area contributed by atoms with Gasteiger partial charge in [-0.05, 0) is 24.3 Å². The van der Waals surface area contributed by atoms with Crippen molar-refractivity contribution in [2.24, 2.45) is 0 Å². The summed E-state index contributed by atoms with van der Waals surface area (Å²) in [5, 5.41) is 3.29. The number of rotatable bonds is 2. The van der Waals surface area contributed by atoms with E-state index in [9.17, 15) is 4.79 Å². The number of anilines is 1. The summed E-state index contributed by atoms with van der Waals surface area (Å²) in [6, 6.07) is 6.06. The molecule has 18 heavy (non-hydrogen) atoms. The second-order valence-corrected chi connectivity index (χ2v) is 4.49. The molecule has 2 rings (SSSR count). The van der Waals surface area contributed by atoms with Crippen LogP contribution in [0.15, 0.2) is 30.5 Å². The number of amides is 1. The van der Waals surface area contributed by atoms with Gasteiger partial charge >= 0.3 is 0 Å². The van der Waals surface area contributed by atoms with Crippen molar-refractivity contribution in [1.82, 2.24) is 9.97 Å². The Morgan fingerprint density at radius 2 is 1.72 bits per heavy atom. The first-order valence-electron chi connectivity index (χ1n) is 4.80. The Morgan fingerprint density at radius 1 is 1.06 bits per heavy atom. The Balaban J connectivity index is 2.19. The molecule has 92 valence electrons. The number of carbonyl (C=O) groups is 1. The molecule has 0 radical (unpaired) electrons. The van der Waals surface area contributed by atoms with E-state index in [2.05, 4.69) is 15.3 Å². The summed E-state index contributed by atoms with van der Waals surface area (Å²) in [6.07, 6.45) is 1.45. The summed E-state index contributed by atoms with van der Waals surface area (Å²) in [6.45, 7) is 0. The molecule has 0 aliphatic heterocycles. The Hall–Kier alpha value is -1.36. The first kappa shape index (κ1) is 13.1. The van der Waals surface area contributed by atoms with Crippen LogP contribution in [-0.4, -0.2) is 15.9 Å². The number of pyridine rings is 2. The van der Waals surface area contributed by atoms with E-state index in [1.54, 1.807) is 12.1 Å². The summed E-state index contributed by atoms with van der Waals surface area (Å²) in [5.41, 5.74) is 0.836. The minimum atomic E-state index is -0.356. The van der Waals surface area contributed by atoms with E-state index in [1.807, 2.05) is 0 Å². The minimum absolute atomic E-state index is 0.155. The maximum atomic E-state index is 11.9. The third-order valence-electron chi connectivity index (χ3n) is 2.01. The molecular weight excluding hydrogens is 296 g/mol. The van der Waals surface area contributed by atoms with E-state index in [1.165, 1.54) is 18.3 Å². The van der Waals surface area contributed by atoms with E-state index in [0.717, 1.165) is 0 Å². The molecule has 0 aromatic carbocycles. The second-order valence-electron chi connectivity index (χ2n) is 3.32. The molecule has 0 saturated carbocycles. The highest BCUT2D eigenvalue weighted by Crippen LogP contribution is 2.16. The van der Waals surface area contributed by atoms with Gasteiger partial charge in [0.1, 0.15) is 15.5 Å². The highest BCUT2D eigenvalue weighted by atomic mass is 35.5.